The number of halogens is 2. The van der Waals surface area contributed by atoms with Crippen LogP contribution in [0.3, 0.4) is 0 Å². The van der Waals surface area contributed by atoms with Crippen molar-refractivity contribution < 1.29 is 8.78 Å². The highest BCUT2D eigenvalue weighted by molar-refractivity contribution is 6.13. The number of nitrogens with zero attached hydrogens (tertiary/aromatic N) is 3. The van der Waals surface area contributed by atoms with E-state index in [1.165, 1.54) is 6.07 Å². The summed E-state index contributed by atoms with van der Waals surface area (Å²) in [6, 6.07) is 23.7. The summed E-state index contributed by atoms with van der Waals surface area (Å²) in [6.07, 6.45) is 0.604. The Kier molecular flexibility index (Phi) is 4.80. The summed E-state index contributed by atoms with van der Waals surface area (Å²) in [5, 5.41) is 6.22. The molecule has 2 heterocycles. The Morgan fingerprint density at radius 1 is 0.824 bits per heavy atom. The highest BCUT2D eigenvalue weighted by atomic mass is 19.1. The molecular weight excluding hydrogens is 430 g/mol. The number of benzene rings is 4. The average molecular weight is 450 g/mol. The van der Waals surface area contributed by atoms with Gasteiger partial charge in [0.25, 0.3) is 0 Å². The fourth-order valence-corrected chi connectivity index (χ4v) is 4.63. The number of fused-ring (bicyclic) bond motifs is 3. The van der Waals surface area contributed by atoms with Crippen molar-refractivity contribution in [3.8, 4) is 11.4 Å². The summed E-state index contributed by atoms with van der Waals surface area (Å²) in [7, 11) is 0. The Labute approximate surface area is 195 Å². The van der Waals surface area contributed by atoms with Crippen LogP contribution in [0.2, 0.25) is 0 Å². The molecule has 4 aromatic carbocycles. The molecule has 4 nitrogen and oxygen atoms in total. The first-order valence-electron chi connectivity index (χ1n) is 11.2. The van der Waals surface area contributed by atoms with Crippen LogP contribution in [0.15, 0.2) is 83.9 Å². The van der Waals surface area contributed by atoms with Crippen LogP contribution >= 0.6 is 0 Å². The summed E-state index contributed by atoms with van der Waals surface area (Å²) < 4.78 is 28.7. The van der Waals surface area contributed by atoms with E-state index < -0.39 is 11.6 Å². The number of amidine groups is 1. The number of aromatic nitrogens is 2. The first-order valence-corrected chi connectivity index (χ1v) is 11.2. The van der Waals surface area contributed by atoms with Crippen molar-refractivity contribution in [2.45, 2.75) is 19.4 Å². The second-order valence-electron chi connectivity index (χ2n) is 8.32. The lowest BCUT2D eigenvalue weighted by Crippen LogP contribution is -2.14. The molecule has 6 rings (SSSR count). The molecule has 1 aliphatic rings. The van der Waals surface area contributed by atoms with Crippen LogP contribution in [-0.4, -0.2) is 15.8 Å². The smallest absolute Gasteiger partial charge is 0.162 e. The summed E-state index contributed by atoms with van der Waals surface area (Å²) in [6.45, 7) is 1.93. The molecule has 0 saturated carbocycles. The zero-order valence-corrected chi connectivity index (χ0v) is 18.4. The Morgan fingerprint density at radius 2 is 1.59 bits per heavy atom. The lowest BCUT2D eigenvalue weighted by molar-refractivity contribution is 0.556. The van der Waals surface area contributed by atoms with Gasteiger partial charge in [-0.05, 0) is 35.4 Å². The van der Waals surface area contributed by atoms with E-state index in [0.29, 0.717) is 35.0 Å². The Morgan fingerprint density at radius 3 is 2.44 bits per heavy atom. The van der Waals surface area contributed by atoms with Crippen molar-refractivity contribution in [1.29, 1.82) is 0 Å². The molecule has 34 heavy (non-hydrogen) atoms. The number of hydrogen-bond donors (Lipinski definition) is 1. The number of hydrogen-bond acceptors (Lipinski definition) is 4. The summed E-state index contributed by atoms with van der Waals surface area (Å²) in [4.78, 5) is 14.4. The third kappa shape index (κ3) is 3.30. The van der Waals surface area contributed by atoms with E-state index in [-0.39, 0.29) is 6.04 Å². The quantitative estimate of drug-likeness (QED) is 0.320. The van der Waals surface area contributed by atoms with E-state index in [1.807, 2.05) is 61.5 Å². The van der Waals surface area contributed by atoms with E-state index in [2.05, 4.69) is 22.4 Å². The van der Waals surface area contributed by atoms with E-state index in [9.17, 15) is 8.78 Å². The van der Waals surface area contributed by atoms with Gasteiger partial charge in [-0.1, -0.05) is 61.5 Å². The number of nitrogens with one attached hydrogen (secondary N) is 1. The van der Waals surface area contributed by atoms with Crippen molar-refractivity contribution in [2.75, 3.05) is 5.32 Å². The van der Waals surface area contributed by atoms with Gasteiger partial charge in [-0.2, -0.15) is 0 Å². The van der Waals surface area contributed by atoms with Gasteiger partial charge in [0.15, 0.2) is 5.82 Å². The van der Waals surface area contributed by atoms with Gasteiger partial charge in [-0.25, -0.2) is 18.7 Å². The summed E-state index contributed by atoms with van der Waals surface area (Å²) >= 11 is 0. The molecule has 1 aromatic heterocycles. The van der Waals surface area contributed by atoms with Crippen LogP contribution in [0.25, 0.3) is 33.1 Å². The highest BCUT2D eigenvalue weighted by Crippen LogP contribution is 2.36. The summed E-state index contributed by atoms with van der Waals surface area (Å²) in [5.74, 6) is 0.305. The molecule has 1 N–H and O–H groups in total. The van der Waals surface area contributed by atoms with E-state index in [4.69, 9.17) is 9.97 Å². The minimum absolute atomic E-state index is 0.372. The molecular formula is C28H20F2N4. The fourth-order valence-electron chi connectivity index (χ4n) is 4.63. The first kappa shape index (κ1) is 20.4. The Hall–Kier alpha value is -4.19. The first-order chi connectivity index (χ1) is 16.6. The maximum atomic E-state index is 14.6. The van der Waals surface area contributed by atoms with Gasteiger partial charge in [-0.15, -0.1) is 0 Å². The van der Waals surface area contributed by atoms with Crippen LogP contribution in [0, 0.1) is 11.6 Å². The zero-order valence-electron chi connectivity index (χ0n) is 18.4. The second-order valence-corrected chi connectivity index (χ2v) is 8.32. The third-order valence-corrected chi connectivity index (χ3v) is 6.22. The molecule has 0 saturated heterocycles. The van der Waals surface area contributed by atoms with Gasteiger partial charge < -0.3 is 5.32 Å². The van der Waals surface area contributed by atoms with E-state index in [0.717, 1.165) is 33.3 Å². The van der Waals surface area contributed by atoms with Gasteiger partial charge in [0.2, 0.25) is 0 Å². The monoisotopic (exact) mass is 450 g/mol. The summed E-state index contributed by atoms with van der Waals surface area (Å²) in [5.41, 5.74) is 2.51. The number of rotatable bonds is 3. The van der Waals surface area contributed by atoms with E-state index in [1.54, 1.807) is 0 Å². The molecule has 166 valence electrons. The largest absolute Gasteiger partial charge is 0.324 e. The molecule has 0 spiro atoms. The molecule has 0 bridgehead atoms. The van der Waals surface area contributed by atoms with E-state index >= 15 is 0 Å². The van der Waals surface area contributed by atoms with Crippen molar-refractivity contribution in [2.24, 2.45) is 4.99 Å². The molecule has 5 aromatic rings. The van der Waals surface area contributed by atoms with Crippen LogP contribution in [-0.2, 0) is 0 Å². The second kappa shape index (κ2) is 7.99. The van der Waals surface area contributed by atoms with Crippen LogP contribution in [0.1, 0.15) is 30.5 Å². The SMILES string of the molecule is CCC1N=C(Nc2nc(-c3cccc4ccccc34)nc3ccccc23)c2cc(F)cc(F)c21. The van der Waals surface area contributed by atoms with Crippen molar-refractivity contribution in [1.82, 2.24) is 9.97 Å². The molecule has 0 fully saturated rings. The van der Waals surface area contributed by atoms with Crippen LogP contribution < -0.4 is 5.32 Å². The van der Waals surface area contributed by atoms with Crippen molar-refractivity contribution in [3.63, 3.8) is 0 Å². The van der Waals surface area contributed by atoms with Gasteiger partial charge in [0.05, 0.1) is 11.6 Å². The van der Waals surface area contributed by atoms with Gasteiger partial charge in [0.1, 0.15) is 23.3 Å². The molecule has 1 unspecified atom stereocenters. The van der Waals surface area contributed by atoms with Gasteiger partial charge in [-0.3, -0.25) is 4.99 Å². The number of para-hydroxylation sites is 1. The minimum atomic E-state index is -0.633. The van der Waals surface area contributed by atoms with Crippen molar-refractivity contribution >= 4 is 33.3 Å². The molecule has 0 radical (unpaired) electrons. The normalized spacial score (nSPS) is 14.9. The maximum absolute atomic E-state index is 14.6. The third-order valence-electron chi connectivity index (χ3n) is 6.22. The molecule has 0 amide bonds. The van der Waals surface area contributed by atoms with Crippen LogP contribution in [0.5, 0.6) is 0 Å². The topological polar surface area (TPSA) is 50.2 Å². The fraction of sp³-hybridized carbons (Fsp3) is 0.107. The maximum Gasteiger partial charge on any atom is 0.162 e. The van der Waals surface area contributed by atoms with Gasteiger partial charge >= 0.3 is 0 Å². The molecule has 0 aliphatic carbocycles. The molecule has 1 aliphatic heterocycles. The molecule has 6 heteroatoms. The molecule has 1 atom stereocenters. The highest BCUT2D eigenvalue weighted by Gasteiger charge is 2.29. The standard InChI is InChI=1S/C28H20F2N4/c1-2-23-25-21(14-17(29)15-22(25)30)28(31-23)34-27-20-11-5-6-13-24(20)32-26(33-27)19-12-7-9-16-8-3-4-10-18(16)19/h3-15,23H,2H2,1H3,(H,31,32,33,34). The Bertz CT molecular complexity index is 1600. The number of aliphatic imine (C=N–C) groups is 1. The van der Waals surface area contributed by atoms with Crippen LogP contribution in [0.4, 0.5) is 14.6 Å². The number of anilines is 1. The zero-order chi connectivity index (χ0) is 23.2. The predicted octanol–water partition coefficient (Wildman–Crippen LogP) is 7.05. The predicted molar refractivity (Wildman–Crippen MR) is 132 cm³/mol. The van der Waals surface area contributed by atoms with Crippen molar-refractivity contribution in [3.05, 3.63) is 102 Å². The lowest BCUT2D eigenvalue weighted by Gasteiger charge is -2.13. The lowest BCUT2D eigenvalue weighted by atomic mass is 10.0. The minimum Gasteiger partial charge on any atom is -0.324 e. The van der Waals surface area contributed by atoms with Gasteiger partial charge in [0, 0.05) is 28.1 Å². The average Bonchev–Trinajstić information content (AvgIpc) is 3.21. The Balaban J connectivity index is 1.53.